The highest BCUT2D eigenvalue weighted by Crippen LogP contribution is 2.29. The fourth-order valence-corrected chi connectivity index (χ4v) is 2.41. The molecule has 2 atom stereocenters. The van der Waals surface area contributed by atoms with Crippen molar-refractivity contribution >= 4 is 22.6 Å². The van der Waals surface area contributed by atoms with Crippen LogP contribution in [-0.4, -0.2) is 12.7 Å². The standard InChI is InChI=1S/C14H19ClN2O2/c1-3-11(18-4-2)14(17-16)13-8-9-7-10(15)5-6-12(9)19-13/h5-8,11,14,17H,3-4,16H2,1-2H3. The second-order valence-electron chi connectivity index (χ2n) is 4.38. The highest BCUT2D eigenvalue weighted by molar-refractivity contribution is 6.31. The topological polar surface area (TPSA) is 60.4 Å². The first-order valence-corrected chi connectivity index (χ1v) is 6.84. The van der Waals surface area contributed by atoms with Crippen LogP contribution >= 0.6 is 11.6 Å². The number of furan rings is 1. The fourth-order valence-electron chi connectivity index (χ4n) is 2.22. The van der Waals surface area contributed by atoms with Gasteiger partial charge in [-0.1, -0.05) is 18.5 Å². The molecule has 0 amide bonds. The van der Waals surface area contributed by atoms with Crippen LogP contribution in [0.1, 0.15) is 32.1 Å². The Morgan fingerprint density at radius 3 is 2.79 bits per heavy atom. The van der Waals surface area contributed by atoms with Crippen molar-refractivity contribution in [3.63, 3.8) is 0 Å². The molecule has 0 fully saturated rings. The summed E-state index contributed by atoms with van der Waals surface area (Å²) in [6.45, 7) is 4.67. The summed E-state index contributed by atoms with van der Waals surface area (Å²) in [5.41, 5.74) is 3.58. The number of nitrogens with one attached hydrogen (secondary N) is 1. The fraction of sp³-hybridized carbons (Fsp3) is 0.429. The molecule has 0 spiro atoms. The summed E-state index contributed by atoms with van der Waals surface area (Å²) in [7, 11) is 0. The van der Waals surface area contributed by atoms with Gasteiger partial charge in [-0.25, -0.2) is 5.43 Å². The summed E-state index contributed by atoms with van der Waals surface area (Å²) in [5, 5.41) is 1.66. The number of benzene rings is 1. The van der Waals surface area contributed by atoms with Crippen LogP contribution in [0.2, 0.25) is 5.02 Å². The van der Waals surface area contributed by atoms with Gasteiger partial charge in [0.1, 0.15) is 17.4 Å². The van der Waals surface area contributed by atoms with Gasteiger partial charge in [0.05, 0.1) is 6.10 Å². The molecule has 4 nitrogen and oxygen atoms in total. The van der Waals surface area contributed by atoms with Gasteiger partial charge >= 0.3 is 0 Å². The Labute approximate surface area is 117 Å². The van der Waals surface area contributed by atoms with Gasteiger partial charge in [-0.3, -0.25) is 5.84 Å². The molecule has 0 saturated carbocycles. The minimum Gasteiger partial charge on any atom is -0.459 e. The molecule has 3 N–H and O–H groups in total. The van der Waals surface area contributed by atoms with Gasteiger partial charge in [0.15, 0.2) is 0 Å². The average molecular weight is 283 g/mol. The third kappa shape index (κ3) is 3.09. The first-order valence-electron chi connectivity index (χ1n) is 6.46. The maximum absolute atomic E-state index is 5.97. The molecule has 1 aromatic carbocycles. The normalized spacial score (nSPS) is 14.7. The predicted octanol–water partition coefficient (Wildman–Crippen LogP) is 3.41. The van der Waals surface area contributed by atoms with E-state index in [1.54, 1.807) is 0 Å². The van der Waals surface area contributed by atoms with E-state index in [2.05, 4.69) is 12.3 Å². The van der Waals surface area contributed by atoms with Crippen molar-refractivity contribution in [2.75, 3.05) is 6.61 Å². The van der Waals surface area contributed by atoms with Crippen LogP contribution in [0.3, 0.4) is 0 Å². The van der Waals surface area contributed by atoms with E-state index in [1.165, 1.54) is 0 Å². The van der Waals surface area contributed by atoms with E-state index in [1.807, 2.05) is 31.2 Å². The van der Waals surface area contributed by atoms with Crippen LogP contribution < -0.4 is 11.3 Å². The number of rotatable bonds is 6. The molecule has 1 heterocycles. The summed E-state index contributed by atoms with van der Waals surface area (Å²) < 4.78 is 11.5. The second kappa shape index (κ2) is 6.39. The molecule has 2 aromatic rings. The summed E-state index contributed by atoms with van der Waals surface area (Å²) in [6.07, 6.45) is 0.826. The van der Waals surface area contributed by atoms with Crippen LogP contribution in [-0.2, 0) is 4.74 Å². The molecular formula is C14H19ClN2O2. The Kier molecular flexibility index (Phi) is 4.82. The quantitative estimate of drug-likeness (QED) is 0.630. The van der Waals surface area contributed by atoms with Gasteiger partial charge in [0.2, 0.25) is 0 Å². The largest absolute Gasteiger partial charge is 0.459 e. The molecule has 0 radical (unpaired) electrons. The molecule has 19 heavy (non-hydrogen) atoms. The third-order valence-electron chi connectivity index (χ3n) is 3.14. The van der Waals surface area contributed by atoms with Crippen molar-refractivity contribution in [2.45, 2.75) is 32.4 Å². The van der Waals surface area contributed by atoms with Crippen molar-refractivity contribution in [2.24, 2.45) is 5.84 Å². The Morgan fingerprint density at radius 1 is 1.37 bits per heavy atom. The molecule has 0 aliphatic heterocycles. The summed E-state index contributed by atoms with van der Waals surface area (Å²) in [6, 6.07) is 7.32. The van der Waals surface area contributed by atoms with Gasteiger partial charge in [0.25, 0.3) is 0 Å². The molecule has 2 unspecified atom stereocenters. The minimum atomic E-state index is -0.170. The van der Waals surface area contributed by atoms with Crippen molar-refractivity contribution in [1.29, 1.82) is 0 Å². The van der Waals surface area contributed by atoms with E-state index in [9.17, 15) is 0 Å². The molecule has 0 saturated heterocycles. The summed E-state index contributed by atoms with van der Waals surface area (Å²) >= 11 is 5.97. The van der Waals surface area contributed by atoms with Crippen molar-refractivity contribution in [3.05, 3.63) is 35.0 Å². The maximum Gasteiger partial charge on any atom is 0.134 e. The zero-order valence-corrected chi connectivity index (χ0v) is 11.9. The predicted molar refractivity (Wildman–Crippen MR) is 77.0 cm³/mol. The van der Waals surface area contributed by atoms with Gasteiger partial charge in [-0.05, 0) is 37.6 Å². The lowest BCUT2D eigenvalue weighted by molar-refractivity contribution is 0.0262. The highest BCUT2D eigenvalue weighted by Gasteiger charge is 2.24. The van der Waals surface area contributed by atoms with Gasteiger partial charge in [-0.2, -0.15) is 0 Å². The van der Waals surface area contributed by atoms with Gasteiger partial charge in [0, 0.05) is 17.0 Å². The minimum absolute atomic E-state index is 0.0222. The molecule has 1 aromatic heterocycles. The molecule has 104 valence electrons. The van der Waals surface area contributed by atoms with E-state index >= 15 is 0 Å². The number of ether oxygens (including phenoxy) is 1. The number of hydrogen-bond donors (Lipinski definition) is 2. The summed E-state index contributed by atoms with van der Waals surface area (Å²) in [4.78, 5) is 0. The van der Waals surface area contributed by atoms with Gasteiger partial charge < -0.3 is 9.15 Å². The Morgan fingerprint density at radius 2 is 2.16 bits per heavy atom. The number of halogens is 1. The first kappa shape index (κ1) is 14.3. The molecule has 0 bridgehead atoms. The lowest BCUT2D eigenvalue weighted by atomic mass is 10.1. The Hall–Kier alpha value is -1.07. The molecule has 2 rings (SSSR count). The van der Waals surface area contributed by atoms with Crippen LogP contribution in [0.4, 0.5) is 0 Å². The smallest absolute Gasteiger partial charge is 0.134 e. The van der Waals surface area contributed by atoms with Crippen LogP contribution in [0, 0.1) is 0 Å². The Balaban J connectivity index is 2.34. The average Bonchev–Trinajstić information content (AvgIpc) is 2.81. The zero-order chi connectivity index (χ0) is 13.8. The maximum atomic E-state index is 5.97. The molecule has 0 aliphatic carbocycles. The molecule has 5 heteroatoms. The summed E-state index contributed by atoms with van der Waals surface area (Å²) in [5.74, 6) is 6.41. The van der Waals surface area contributed by atoms with E-state index < -0.39 is 0 Å². The third-order valence-corrected chi connectivity index (χ3v) is 3.37. The van der Waals surface area contributed by atoms with E-state index in [4.69, 9.17) is 26.6 Å². The SMILES string of the molecule is CCOC(CC)C(NN)c1cc2cc(Cl)ccc2o1. The van der Waals surface area contributed by atoms with Crippen molar-refractivity contribution in [1.82, 2.24) is 5.43 Å². The van der Waals surface area contributed by atoms with E-state index in [0.717, 1.165) is 23.2 Å². The zero-order valence-electron chi connectivity index (χ0n) is 11.2. The van der Waals surface area contributed by atoms with Crippen LogP contribution in [0.25, 0.3) is 11.0 Å². The lowest BCUT2D eigenvalue weighted by Crippen LogP contribution is -2.37. The lowest BCUT2D eigenvalue weighted by Gasteiger charge is -2.23. The van der Waals surface area contributed by atoms with Crippen LogP contribution in [0.5, 0.6) is 0 Å². The molecular weight excluding hydrogens is 264 g/mol. The molecule has 0 aliphatic rings. The number of fused-ring (bicyclic) bond motifs is 1. The van der Waals surface area contributed by atoms with Crippen molar-refractivity contribution in [3.8, 4) is 0 Å². The Bertz CT molecular complexity index is 541. The van der Waals surface area contributed by atoms with E-state index in [0.29, 0.717) is 11.6 Å². The van der Waals surface area contributed by atoms with E-state index in [-0.39, 0.29) is 12.1 Å². The second-order valence-corrected chi connectivity index (χ2v) is 4.81. The highest BCUT2D eigenvalue weighted by atomic mass is 35.5. The number of hydrogen-bond acceptors (Lipinski definition) is 4. The number of hydrazine groups is 1. The van der Waals surface area contributed by atoms with Crippen molar-refractivity contribution < 1.29 is 9.15 Å². The van der Waals surface area contributed by atoms with Gasteiger partial charge in [-0.15, -0.1) is 0 Å². The van der Waals surface area contributed by atoms with Crippen LogP contribution in [0.15, 0.2) is 28.7 Å². The first-order chi connectivity index (χ1) is 9.19. The monoisotopic (exact) mass is 282 g/mol. The number of nitrogens with two attached hydrogens (primary N) is 1.